The summed E-state index contributed by atoms with van der Waals surface area (Å²) >= 11 is 0. The number of fused-ring (bicyclic) bond motifs is 1. The molecule has 2 N–H and O–H groups in total. The summed E-state index contributed by atoms with van der Waals surface area (Å²) in [4.78, 5) is 9.17. The molecule has 0 bridgehead atoms. The summed E-state index contributed by atoms with van der Waals surface area (Å²) in [5.41, 5.74) is 8.60. The highest BCUT2D eigenvalue weighted by atomic mass is 35.5. The number of pyridine rings is 1. The molecule has 7 heteroatoms. The lowest BCUT2D eigenvalue weighted by Gasteiger charge is -2.17. The minimum absolute atomic E-state index is 0. The van der Waals surface area contributed by atoms with Crippen LogP contribution in [0.2, 0.25) is 0 Å². The van der Waals surface area contributed by atoms with Crippen LogP contribution in [0.5, 0.6) is 5.75 Å². The summed E-state index contributed by atoms with van der Waals surface area (Å²) in [6.07, 6.45) is 4.01. The zero-order valence-electron chi connectivity index (χ0n) is 14.3. The third-order valence-electron chi connectivity index (χ3n) is 4.74. The molecule has 1 aliphatic rings. The van der Waals surface area contributed by atoms with Gasteiger partial charge in [0.2, 0.25) is 0 Å². The Morgan fingerprint density at radius 3 is 2.64 bits per heavy atom. The minimum Gasteiger partial charge on any atom is -0.497 e. The normalized spacial score (nSPS) is 16.0. The molecule has 0 atom stereocenters. The van der Waals surface area contributed by atoms with Gasteiger partial charge in [0.15, 0.2) is 5.82 Å². The lowest BCUT2D eigenvalue weighted by atomic mass is 9.98. The molecule has 0 unspecified atom stereocenters. The van der Waals surface area contributed by atoms with E-state index in [0.717, 1.165) is 53.6 Å². The van der Waals surface area contributed by atoms with Gasteiger partial charge in [-0.05, 0) is 44.0 Å². The Morgan fingerprint density at radius 1 is 1.16 bits per heavy atom. The van der Waals surface area contributed by atoms with Crippen molar-refractivity contribution in [2.75, 3.05) is 7.11 Å². The van der Waals surface area contributed by atoms with Gasteiger partial charge >= 0.3 is 0 Å². The van der Waals surface area contributed by atoms with Crippen LogP contribution >= 0.6 is 12.4 Å². The monoisotopic (exact) mass is 360 g/mol. The van der Waals surface area contributed by atoms with Gasteiger partial charge in [0.05, 0.1) is 23.7 Å². The van der Waals surface area contributed by atoms with E-state index in [0.29, 0.717) is 11.7 Å². The number of nitrogens with two attached hydrogens (primary N) is 1. The topological polar surface area (TPSA) is 87.1 Å². The number of rotatable bonds is 3. The Hall–Kier alpha value is -2.18. The van der Waals surface area contributed by atoms with Gasteiger partial charge < -0.3 is 15.0 Å². The molecule has 1 aromatic carbocycles. The molecule has 0 aliphatic heterocycles. The van der Waals surface area contributed by atoms with Crippen LogP contribution in [0.4, 0.5) is 0 Å². The predicted octanol–water partition coefficient (Wildman–Crippen LogP) is 3.75. The highest BCUT2D eigenvalue weighted by molar-refractivity contribution is 5.93. The number of hydrogen-bond acceptors (Lipinski definition) is 6. The first-order valence-electron chi connectivity index (χ1n) is 8.18. The number of aryl methyl sites for hydroxylation is 1. The second-order valence-electron chi connectivity index (χ2n) is 6.48. The van der Waals surface area contributed by atoms with Crippen LogP contribution in [-0.4, -0.2) is 22.2 Å². The lowest BCUT2D eigenvalue weighted by Crippen LogP contribution is -2.34. The van der Waals surface area contributed by atoms with E-state index < -0.39 is 5.54 Å². The summed E-state index contributed by atoms with van der Waals surface area (Å²) in [5.74, 6) is 1.84. The molecule has 132 valence electrons. The largest absolute Gasteiger partial charge is 0.497 e. The van der Waals surface area contributed by atoms with Gasteiger partial charge in [-0.1, -0.05) is 18.0 Å². The Bertz CT molecular complexity index is 903. The number of aromatic nitrogens is 3. The van der Waals surface area contributed by atoms with Crippen molar-refractivity contribution in [3.63, 3.8) is 0 Å². The molecule has 0 radical (unpaired) electrons. The average Bonchev–Trinajstić information content (AvgIpc) is 3.23. The van der Waals surface area contributed by atoms with Gasteiger partial charge in [-0.3, -0.25) is 4.98 Å². The maximum absolute atomic E-state index is 6.44. The first-order valence-corrected chi connectivity index (χ1v) is 8.18. The summed E-state index contributed by atoms with van der Waals surface area (Å²) < 4.78 is 10.9. The van der Waals surface area contributed by atoms with E-state index >= 15 is 0 Å². The van der Waals surface area contributed by atoms with E-state index in [9.17, 15) is 0 Å². The summed E-state index contributed by atoms with van der Waals surface area (Å²) in [5, 5.41) is 5.09. The van der Waals surface area contributed by atoms with Gasteiger partial charge in [0.1, 0.15) is 5.75 Å². The van der Waals surface area contributed by atoms with Crippen molar-refractivity contribution in [1.29, 1.82) is 0 Å². The second-order valence-corrected chi connectivity index (χ2v) is 6.48. The van der Waals surface area contributed by atoms with Crippen molar-refractivity contribution in [3.8, 4) is 17.2 Å². The highest BCUT2D eigenvalue weighted by Crippen LogP contribution is 2.36. The zero-order chi connectivity index (χ0) is 16.7. The molecule has 0 spiro atoms. The summed E-state index contributed by atoms with van der Waals surface area (Å²) in [6, 6.07) is 7.72. The van der Waals surface area contributed by atoms with Gasteiger partial charge in [-0.2, -0.15) is 4.98 Å². The fourth-order valence-corrected chi connectivity index (χ4v) is 3.41. The fourth-order valence-electron chi connectivity index (χ4n) is 3.41. The van der Waals surface area contributed by atoms with Crippen molar-refractivity contribution >= 4 is 23.3 Å². The third-order valence-corrected chi connectivity index (χ3v) is 4.74. The Balaban J connectivity index is 0.00000182. The van der Waals surface area contributed by atoms with E-state index in [1.54, 1.807) is 7.11 Å². The van der Waals surface area contributed by atoms with Crippen LogP contribution in [0.15, 0.2) is 28.8 Å². The molecule has 4 rings (SSSR count). The van der Waals surface area contributed by atoms with Crippen molar-refractivity contribution in [1.82, 2.24) is 15.1 Å². The quantitative estimate of drug-likeness (QED) is 0.765. The van der Waals surface area contributed by atoms with Crippen LogP contribution in [0.3, 0.4) is 0 Å². The summed E-state index contributed by atoms with van der Waals surface area (Å²) in [7, 11) is 1.64. The standard InChI is InChI=1S/C18H20N4O2.ClH/c1-11-9-14(13-10-12(23-2)5-6-15(13)20-11)16-21-17(22-24-16)18(19)7-3-4-8-18;/h5-6,9-10H,3-4,7-8,19H2,1-2H3;1H. The number of nitrogens with zero attached hydrogens (tertiary/aromatic N) is 3. The molecule has 1 aliphatic carbocycles. The number of ether oxygens (including phenoxy) is 1. The molecule has 1 fully saturated rings. The first-order chi connectivity index (χ1) is 11.6. The number of methoxy groups -OCH3 is 1. The van der Waals surface area contributed by atoms with Crippen molar-refractivity contribution in [3.05, 3.63) is 35.8 Å². The van der Waals surface area contributed by atoms with Gasteiger partial charge in [0.25, 0.3) is 5.89 Å². The van der Waals surface area contributed by atoms with E-state index in [4.69, 9.17) is 15.0 Å². The highest BCUT2D eigenvalue weighted by Gasteiger charge is 2.36. The SMILES string of the molecule is COc1ccc2nc(C)cc(-c3nc(C4(N)CCCC4)no3)c2c1.Cl. The molecule has 0 amide bonds. The van der Waals surface area contributed by atoms with E-state index in [1.165, 1.54) is 0 Å². The Morgan fingerprint density at radius 2 is 1.92 bits per heavy atom. The molecule has 2 heterocycles. The summed E-state index contributed by atoms with van der Waals surface area (Å²) in [6.45, 7) is 1.95. The Kier molecular flexibility index (Phi) is 4.67. The van der Waals surface area contributed by atoms with E-state index in [1.807, 2.05) is 31.2 Å². The molecule has 2 aromatic heterocycles. The number of benzene rings is 1. The molecule has 6 nitrogen and oxygen atoms in total. The number of halogens is 1. The molecular formula is C18H21ClN4O2. The molecule has 25 heavy (non-hydrogen) atoms. The second kappa shape index (κ2) is 6.61. The molecule has 1 saturated carbocycles. The van der Waals surface area contributed by atoms with Gasteiger partial charge in [-0.15, -0.1) is 12.4 Å². The Labute approximate surface area is 152 Å². The van der Waals surface area contributed by atoms with Crippen LogP contribution in [0.25, 0.3) is 22.4 Å². The lowest BCUT2D eigenvalue weighted by molar-refractivity contribution is 0.373. The maximum Gasteiger partial charge on any atom is 0.258 e. The van der Waals surface area contributed by atoms with Crippen LogP contribution in [-0.2, 0) is 5.54 Å². The van der Waals surface area contributed by atoms with Crippen LogP contribution in [0, 0.1) is 6.92 Å². The molecule has 0 saturated heterocycles. The van der Waals surface area contributed by atoms with E-state index in [2.05, 4.69) is 15.1 Å². The average molecular weight is 361 g/mol. The smallest absolute Gasteiger partial charge is 0.258 e. The number of hydrogen-bond donors (Lipinski definition) is 1. The molecule has 3 aromatic rings. The minimum atomic E-state index is -0.461. The van der Waals surface area contributed by atoms with Crippen molar-refractivity contribution in [2.24, 2.45) is 5.73 Å². The maximum atomic E-state index is 6.44. The third kappa shape index (κ3) is 3.07. The fraction of sp³-hybridized carbons (Fsp3) is 0.389. The molecular weight excluding hydrogens is 340 g/mol. The zero-order valence-corrected chi connectivity index (χ0v) is 15.1. The van der Waals surface area contributed by atoms with Gasteiger partial charge in [0, 0.05) is 11.1 Å². The first kappa shape index (κ1) is 17.6. The van der Waals surface area contributed by atoms with Crippen molar-refractivity contribution < 1.29 is 9.26 Å². The van der Waals surface area contributed by atoms with E-state index in [-0.39, 0.29) is 12.4 Å². The van der Waals surface area contributed by atoms with Crippen molar-refractivity contribution in [2.45, 2.75) is 38.1 Å². The van der Waals surface area contributed by atoms with Gasteiger partial charge in [-0.25, -0.2) is 0 Å². The predicted molar refractivity (Wildman–Crippen MR) is 97.9 cm³/mol. The van der Waals surface area contributed by atoms with Crippen LogP contribution in [0.1, 0.15) is 37.2 Å². The van der Waals surface area contributed by atoms with Crippen LogP contribution < -0.4 is 10.5 Å².